The molecule has 2 N–H and O–H groups in total. The molecule has 25 heavy (non-hydrogen) atoms. The molecule has 2 amide bonds. The van der Waals surface area contributed by atoms with Crippen LogP contribution in [-0.4, -0.2) is 57.0 Å². The van der Waals surface area contributed by atoms with Crippen LogP contribution >= 0.6 is 0 Å². The molecule has 1 aliphatic heterocycles. The first-order chi connectivity index (χ1) is 12.0. The maximum atomic E-state index is 12.8. The van der Waals surface area contributed by atoms with Gasteiger partial charge in [0.2, 0.25) is 10.0 Å². The number of rotatable bonds is 6. The van der Waals surface area contributed by atoms with E-state index < -0.39 is 28.1 Å². The van der Waals surface area contributed by atoms with E-state index in [9.17, 15) is 18.0 Å². The van der Waals surface area contributed by atoms with Crippen molar-refractivity contribution < 1.29 is 22.7 Å². The molecule has 0 radical (unpaired) electrons. The molecule has 1 aliphatic rings. The van der Waals surface area contributed by atoms with Crippen molar-refractivity contribution in [3.8, 4) is 0 Å². The van der Waals surface area contributed by atoms with Gasteiger partial charge in [0, 0.05) is 13.1 Å². The van der Waals surface area contributed by atoms with Gasteiger partial charge < -0.3 is 15.4 Å². The van der Waals surface area contributed by atoms with Gasteiger partial charge in [0.15, 0.2) is 0 Å². The Morgan fingerprint density at radius 3 is 2.60 bits per heavy atom. The molecular weight excluding hydrogens is 346 g/mol. The number of carbonyl (C=O) groups is 2. The maximum Gasteiger partial charge on any atom is 0.309 e. The van der Waals surface area contributed by atoms with Crippen molar-refractivity contribution in [3.63, 3.8) is 0 Å². The zero-order valence-corrected chi connectivity index (χ0v) is 14.5. The van der Waals surface area contributed by atoms with Gasteiger partial charge in [-0.05, 0) is 18.6 Å². The standard InChI is InChI=1S/C16H21N3O5S/c1-2-9-17-15(20)16(21)18-12-14-19(10-6-11-24-14)25(22,23)13-7-4-3-5-8-13/h2-5,7-8,14H,1,6,9-12H2,(H,17,20)(H,18,21)/t14-/m1/s1. The minimum Gasteiger partial charge on any atom is -0.360 e. The summed E-state index contributed by atoms with van der Waals surface area (Å²) in [5.41, 5.74) is 0. The molecule has 0 aliphatic carbocycles. The molecule has 1 aromatic rings. The molecule has 9 heteroatoms. The van der Waals surface area contributed by atoms with Gasteiger partial charge >= 0.3 is 11.8 Å². The molecule has 1 saturated heterocycles. The summed E-state index contributed by atoms with van der Waals surface area (Å²) >= 11 is 0. The van der Waals surface area contributed by atoms with Gasteiger partial charge in [0.05, 0.1) is 18.0 Å². The number of sulfonamides is 1. The molecule has 1 atom stereocenters. The first-order valence-electron chi connectivity index (χ1n) is 7.82. The van der Waals surface area contributed by atoms with Gasteiger partial charge in [0.1, 0.15) is 6.23 Å². The Morgan fingerprint density at radius 2 is 1.92 bits per heavy atom. The van der Waals surface area contributed by atoms with Crippen molar-refractivity contribution in [2.24, 2.45) is 0 Å². The van der Waals surface area contributed by atoms with E-state index in [1.165, 1.54) is 22.5 Å². The Kier molecular flexibility index (Phi) is 6.68. The summed E-state index contributed by atoms with van der Waals surface area (Å²) in [5, 5.41) is 4.74. The number of nitrogens with zero attached hydrogens (tertiary/aromatic N) is 1. The van der Waals surface area contributed by atoms with Gasteiger partial charge in [-0.1, -0.05) is 24.3 Å². The SMILES string of the molecule is C=CCNC(=O)C(=O)NC[C@H]1OCCCN1S(=O)(=O)c1ccccc1. The summed E-state index contributed by atoms with van der Waals surface area (Å²) in [6.07, 6.45) is 1.13. The molecule has 1 heterocycles. The molecule has 0 aromatic heterocycles. The van der Waals surface area contributed by atoms with E-state index in [1.807, 2.05) is 0 Å². The molecule has 2 rings (SSSR count). The Morgan fingerprint density at radius 1 is 1.24 bits per heavy atom. The number of benzene rings is 1. The molecule has 136 valence electrons. The molecule has 1 aromatic carbocycles. The molecule has 0 saturated carbocycles. The van der Waals surface area contributed by atoms with Crippen LogP contribution < -0.4 is 10.6 Å². The van der Waals surface area contributed by atoms with Crippen LogP contribution in [0.1, 0.15) is 6.42 Å². The van der Waals surface area contributed by atoms with Crippen molar-refractivity contribution in [3.05, 3.63) is 43.0 Å². The third-order valence-corrected chi connectivity index (χ3v) is 5.46. The normalized spacial score (nSPS) is 18.3. The molecule has 0 spiro atoms. The second kappa shape index (κ2) is 8.75. The smallest absolute Gasteiger partial charge is 0.309 e. The highest BCUT2D eigenvalue weighted by molar-refractivity contribution is 7.89. The first kappa shape index (κ1) is 19.1. The van der Waals surface area contributed by atoms with E-state index in [2.05, 4.69) is 17.2 Å². The predicted octanol–water partition coefficient (Wildman–Crippen LogP) is -0.158. The van der Waals surface area contributed by atoms with Crippen LogP contribution in [0, 0.1) is 0 Å². The molecule has 0 bridgehead atoms. The van der Waals surface area contributed by atoms with Crippen LogP contribution in [0.4, 0.5) is 0 Å². The fraction of sp³-hybridized carbons (Fsp3) is 0.375. The predicted molar refractivity (Wildman–Crippen MR) is 90.9 cm³/mol. The molecule has 8 nitrogen and oxygen atoms in total. The number of ether oxygens (including phenoxy) is 1. The van der Waals surface area contributed by atoms with Gasteiger partial charge in [-0.25, -0.2) is 8.42 Å². The largest absolute Gasteiger partial charge is 0.360 e. The summed E-state index contributed by atoms with van der Waals surface area (Å²) in [6.45, 7) is 4.14. The monoisotopic (exact) mass is 367 g/mol. The van der Waals surface area contributed by atoms with Crippen molar-refractivity contribution in [2.45, 2.75) is 17.5 Å². The first-order valence-corrected chi connectivity index (χ1v) is 9.26. The summed E-state index contributed by atoms with van der Waals surface area (Å²) in [4.78, 5) is 23.4. The molecule has 1 fully saturated rings. The molecule has 0 unspecified atom stereocenters. The lowest BCUT2D eigenvalue weighted by molar-refractivity contribution is -0.140. The van der Waals surface area contributed by atoms with Crippen LogP contribution in [0.2, 0.25) is 0 Å². The highest BCUT2D eigenvalue weighted by Crippen LogP contribution is 2.21. The average molecular weight is 367 g/mol. The van der Waals surface area contributed by atoms with Crippen molar-refractivity contribution in [1.29, 1.82) is 0 Å². The fourth-order valence-electron chi connectivity index (χ4n) is 2.34. The lowest BCUT2D eigenvalue weighted by Gasteiger charge is -2.34. The Labute approximate surface area is 146 Å². The van der Waals surface area contributed by atoms with Crippen molar-refractivity contribution in [1.82, 2.24) is 14.9 Å². The third-order valence-electron chi connectivity index (χ3n) is 3.55. The van der Waals surface area contributed by atoms with E-state index in [1.54, 1.807) is 18.2 Å². The number of amides is 2. The van der Waals surface area contributed by atoms with Crippen LogP contribution in [0.15, 0.2) is 47.9 Å². The zero-order chi connectivity index (χ0) is 18.3. The van der Waals surface area contributed by atoms with Crippen LogP contribution in [-0.2, 0) is 24.3 Å². The minimum atomic E-state index is -3.75. The van der Waals surface area contributed by atoms with Crippen molar-refractivity contribution >= 4 is 21.8 Å². The number of nitrogens with one attached hydrogen (secondary N) is 2. The summed E-state index contributed by atoms with van der Waals surface area (Å²) in [7, 11) is -3.75. The van der Waals surface area contributed by atoms with Crippen LogP contribution in [0.25, 0.3) is 0 Å². The Bertz CT molecular complexity index is 721. The second-order valence-electron chi connectivity index (χ2n) is 5.32. The number of hydrogen-bond donors (Lipinski definition) is 2. The maximum absolute atomic E-state index is 12.8. The lowest BCUT2D eigenvalue weighted by atomic mass is 10.3. The number of carbonyl (C=O) groups excluding carboxylic acids is 2. The lowest BCUT2D eigenvalue weighted by Crippen LogP contribution is -2.53. The highest BCUT2D eigenvalue weighted by Gasteiger charge is 2.34. The molecular formula is C16H21N3O5S. The van der Waals surface area contributed by atoms with Gasteiger partial charge in [-0.15, -0.1) is 6.58 Å². The quantitative estimate of drug-likeness (QED) is 0.537. The topological polar surface area (TPSA) is 105 Å². The van der Waals surface area contributed by atoms with E-state index in [-0.39, 0.29) is 24.5 Å². The van der Waals surface area contributed by atoms with Gasteiger partial charge in [0.25, 0.3) is 0 Å². The second-order valence-corrected chi connectivity index (χ2v) is 7.21. The highest BCUT2D eigenvalue weighted by atomic mass is 32.2. The zero-order valence-electron chi connectivity index (χ0n) is 13.7. The van der Waals surface area contributed by atoms with Gasteiger partial charge in [-0.2, -0.15) is 4.31 Å². The van der Waals surface area contributed by atoms with Crippen LogP contribution in [0.3, 0.4) is 0 Å². The Balaban J connectivity index is 2.05. The number of hydrogen-bond acceptors (Lipinski definition) is 5. The van der Waals surface area contributed by atoms with Gasteiger partial charge in [-0.3, -0.25) is 9.59 Å². The summed E-state index contributed by atoms with van der Waals surface area (Å²) < 4.78 is 32.2. The minimum absolute atomic E-state index is 0.119. The van der Waals surface area contributed by atoms with E-state index in [4.69, 9.17) is 4.74 Å². The third kappa shape index (κ3) is 4.88. The van der Waals surface area contributed by atoms with E-state index >= 15 is 0 Å². The van der Waals surface area contributed by atoms with Crippen LogP contribution in [0.5, 0.6) is 0 Å². The summed E-state index contributed by atoms with van der Waals surface area (Å²) in [5.74, 6) is -1.67. The average Bonchev–Trinajstić information content (AvgIpc) is 2.65. The van der Waals surface area contributed by atoms with E-state index in [0.29, 0.717) is 13.0 Å². The summed E-state index contributed by atoms with van der Waals surface area (Å²) in [6, 6.07) is 8.01. The van der Waals surface area contributed by atoms with Crippen molar-refractivity contribution in [2.75, 3.05) is 26.2 Å². The van der Waals surface area contributed by atoms with E-state index in [0.717, 1.165) is 0 Å². The fourth-order valence-corrected chi connectivity index (χ4v) is 3.92. The Hall–Kier alpha value is -2.23.